The molecule has 10 heteroatoms. The van der Waals surface area contributed by atoms with E-state index < -0.39 is 47.1 Å². The van der Waals surface area contributed by atoms with Crippen molar-refractivity contribution in [3.63, 3.8) is 0 Å². The molecule has 188 valence electrons. The molecule has 0 radical (unpaired) electrons. The number of rotatable bonds is 15. The van der Waals surface area contributed by atoms with E-state index in [0.29, 0.717) is 6.47 Å². The highest BCUT2D eigenvalue weighted by molar-refractivity contribution is 6.74. The average Bonchev–Trinajstić information content (AvgIpc) is 2.81. The number of carbonyl (C=O) groups is 2. The zero-order chi connectivity index (χ0) is 24.4. The first kappa shape index (κ1) is 29.2. The molecule has 1 heterocycles. The summed E-state index contributed by atoms with van der Waals surface area (Å²) in [6.07, 6.45) is -2.26. The van der Waals surface area contributed by atoms with E-state index in [1.54, 1.807) is 0 Å². The van der Waals surface area contributed by atoms with Gasteiger partial charge in [-0.15, -0.1) is 0 Å². The van der Waals surface area contributed by atoms with Gasteiger partial charge in [-0.1, -0.05) is 41.5 Å². The van der Waals surface area contributed by atoms with Crippen LogP contribution in [-0.4, -0.2) is 77.8 Å². The predicted octanol–water partition coefficient (Wildman–Crippen LogP) is 3.20. The van der Waals surface area contributed by atoms with Crippen molar-refractivity contribution in [1.29, 1.82) is 0 Å². The van der Waals surface area contributed by atoms with Crippen molar-refractivity contribution in [2.24, 2.45) is 0 Å². The van der Waals surface area contributed by atoms with Gasteiger partial charge in [0.15, 0.2) is 16.6 Å². The number of aliphatic hydroxyl groups excluding tert-OH is 1. The molecule has 1 rings (SSSR count). The largest absolute Gasteiger partial charge is 0.465 e. The van der Waals surface area contributed by atoms with E-state index in [9.17, 15) is 14.7 Å². The van der Waals surface area contributed by atoms with Crippen molar-refractivity contribution >= 4 is 29.0 Å². The minimum atomic E-state index is -2.11. The van der Waals surface area contributed by atoms with Crippen LogP contribution in [-0.2, 0) is 27.9 Å². The first-order valence-electron chi connectivity index (χ1n) is 12.2. The van der Waals surface area contributed by atoms with Gasteiger partial charge in [0.25, 0.3) is 6.47 Å². The second-order valence-corrected chi connectivity index (χ2v) is 18.1. The Balaban J connectivity index is 3.53. The number of hydrogen-bond donors (Lipinski definition) is 2. The predicted molar refractivity (Wildman–Crippen MR) is 130 cm³/mol. The van der Waals surface area contributed by atoms with Gasteiger partial charge in [0.1, 0.15) is 24.9 Å². The van der Waals surface area contributed by atoms with Crippen LogP contribution < -0.4 is 5.32 Å². The average molecular weight is 492 g/mol. The van der Waals surface area contributed by atoms with Crippen molar-refractivity contribution in [2.75, 3.05) is 13.2 Å². The molecule has 8 nitrogen and oxygen atoms in total. The third-order valence-electron chi connectivity index (χ3n) is 7.31. The zero-order valence-electron chi connectivity index (χ0n) is 21.0. The molecule has 1 aliphatic rings. The SMILES string of the molecule is CC[Si](CC)(CC)O[C@H]1[C@@H](CO)O[C@@H](COC=O)C(NC(C)=O)[C@@H]1O[Si](CC)(CC)CC. The molecule has 0 aliphatic carbocycles. The molecule has 32 heavy (non-hydrogen) atoms. The van der Waals surface area contributed by atoms with Gasteiger partial charge in [0.05, 0.1) is 18.8 Å². The van der Waals surface area contributed by atoms with Crippen LogP contribution >= 0.6 is 0 Å². The van der Waals surface area contributed by atoms with Crippen molar-refractivity contribution < 1.29 is 33.0 Å². The normalized spacial score (nSPS) is 26.6. The molecule has 0 saturated carbocycles. The molecule has 1 amide bonds. The van der Waals surface area contributed by atoms with Crippen LogP contribution in [0.1, 0.15) is 48.5 Å². The second-order valence-electron chi connectivity index (χ2n) is 8.70. The lowest BCUT2D eigenvalue weighted by Gasteiger charge is -2.51. The van der Waals surface area contributed by atoms with Crippen molar-refractivity contribution in [3.05, 3.63) is 0 Å². The highest BCUT2D eigenvalue weighted by atomic mass is 28.4. The highest BCUT2D eigenvalue weighted by Gasteiger charge is 2.52. The number of aliphatic hydroxyl groups is 1. The molecular weight excluding hydrogens is 446 g/mol. The lowest BCUT2D eigenvalue weighted by Crippen LogP contribution is -2.69. The number of nitrogens with one attached hydrogen (secondary N) is 1. The summed E-state index contributed by atoms with van der Waals surface area (Å²) in [6, 6.07) is 5.11. The Kier molecular flexibility index (Phi) is 12.6. The third kappa shape index (κ3) is 7.10. The molecule has 0 aromatic carbocycles. The first-order valence-corrected chi connectivity index (χ1v) is 17.2. The van der Waals surface area contributed by atoms with E-state index in [-0.39, 0.29) is 19.1 Å². The fraction of sp³-hybridized carbons (Fsp3) is 0.909. The molecule has 0 aromatic heterocycles. The molecule has 1 aliphatic heterocycles. The Bertz CT molecular complexity index is 556. The molecule has 0 spiro atoms. The maximum Gasteiger partial charge on any atom is 0.293 e. The van der Waals surface area contributed by atoms with Crippen LogP contribution in [0.3, 0.4) is 0 Å². The fourth-order valence-corrected chi connectivity index (χ4v) is 10.4. The minimum absolute atomic E-state index is 0.0334. The number of amides is 1. The Morgan fingerprint density at radius 2 is 1.38 bits per heavy atom. The summed E-state index contributed by atoms with van der Waals surface area (Å²) < 4.78 is 25.0. The van der Waals surface area contributed by atoms with Gasteiger partial charge >= 0.3 is 0 Å². The van der Waals surface area contributed by atoms with Crippen LogP contribution in [0.15, 0.2) is 0 Å². The van der Waals surface area contributed by atoms with E-state index in [1.165, 1.54) is 6.92 Å². The summed E-state index contributed by atoms with van der Waals surface area (Å²) in [4.78, 5) is 23.0. The Hall–Kier alpha value is -0.786. The monoisotopic (exact) mass is 491 g/mol. The smallest absolute Gasteiger partial charge is 0.293 e. The quantitative estimate of drug-likeness (QED) is 0.268. The van der Waals surface area contributed by atoms with E-state index in [2.05, 4.69) is 46.9 Å². The van der Waals surface area contributed by atoms with Gasteiger partial charge in [-0.2, -0.15) is 0 Å². The lowest BCUT2D eigenvalue weighted by atomic mass is 9.93. The van der Waals surface area contributed by atoms with Gasteiger partial charge < -0.3 is 28.7 Å². The van der Waals surface area contributed by atoms with Gasteiger partial charge in [0.2, 0.25) is 5.91 Å². The maximum absolute atomic E-state index is 12.2. The number of carbonyl (C=O) groups excluding carboxylic acids is 2. The lowest BCUT2D eigenvalue weighted by molar-refractivity contribution is -0.197. The van der Waals surface area contributed by atoms with E-state index >= 15 is 0 Å². The van der Waals surface area contributed by atoms with Crippen LogP contribution in [0.4, 0.5) is 0 Å². The van der Waals surface area contributed by atoms with Crippen molar-refractivity contribution in [3.8, 4) is 0 Å². The van der Waals surface area contributed by atoms with Crippen molar-refractivity contribution in [1.82, 2.24) is 5.32 Å². The summed E-state index contributed by atoms with van der Waals surface area (Å²) in [5.74, 6) is -0.216. The number of hydrogen-bond acceptors (Lipinski definition) is 7. The summed E-state index contributed by atoms with van der Waals surface area (Å²) >= 11 is 0. The van der Waals surface area contributed by atoms with E-state index in [1.807, 2.05) is 0 Å². The van der Waals surface area contributed by atoms with Gasteiger partial charge in [-0.05, 0) is 36.3 Å². The van der Waals surface area contributed by atoms with Crippen LogP contribution in [0.25, 0.3) is 0 Å². The Labute approximate surface area is 196 Å². The van der Waals surface area contributed by atoms with Crippen LogP contribution in [0, 0.1) is 0 Å². The first-order chi connectivity index (χ1) is 15.2. The fourth-order valence-electron chi connectivity index (χ4n) is 4.71. The van der Waals surface area contributed by atoms with Gasteiger partial charge in [-0.3, -0.25) is 9.59 Å². The molecule has 1 unspecified atom stereocenters. The van der Waals surface area contributed by atoms with E-state index in [4.69, 9.17) is 18.3 Å². The molecular formula is C22H45NO7Si2. The van der Waals surface area contributed by atoms with E-state index in [0.717, 1.165) is 36.3 Å². The molecule has 5 atom stereocenters. The summed E-state index contributed by atoms with van der Waals surface area (Å²) in [5, 5.41) is 13.2. The summed E-state index contributed by atoms with van der Waals surface area (Å²) in [5.41, 5.74) is 0. The second kappa shape index (κ2) is 13.8. The van der Waals surface area contributed by atoms with Crippen LogP contribution in [0.5, 0.6) is 0 Å². The number of ether oxygens (including phenoxy) is 2. The molecule has 2 N–H and O–H groups in total. The maximum atomic E-state index is 12.2. The topological polar surface area (TPSA) is 103 Å². The third-order valence-corrected chi connectivity index (χ3v) is 16.6. The van der Waals surface area contributed by atoms with Gasteiger partial charge in [0, 0.05) is 6.92 Å². The molecule has 0 aromatic rings. The van der Waals surface area contributed by atoms with Crippen LogP contribution in [0.2, 0.25) is 36.3 Å². The minimum Gasteiger partial charge on any atom is -0.465 e. The molecule has 1 saturated heterocycles. The Morgan fingerprint density at radius 1 is 0.906 bits per heavy atom. The summed E-state index contributed by atoms with van der Waals surface area (Å²) in [6.45, 7) is 14.5. The highest BCUT2D eigenvalue weighted by Crippen LogP contribution is 2.35. The molecule has 0 bridgehead atoms. The summed E-state index contributed by atoms with van der Waals surface area (Å²) in [7, 11) is -4.20. The standard InChI is InChI=1S/C22H45NO7Si2/c1-8-31(9-2,10-3)29-21-18(14-24)28-19(15-27-16-25)20(23-17(7)26)22(21)30-32(11-4,12-5)13-6/h16,18-22,24H,8-15H2,1-7H3,(H,23,26)/t18-,19+,20?,21+,22+/m1/s1. The molecule has 1 fully saturated rings. The van der Waals surface area contributed by atoms with Crippen molar-refractivity contribution in [2.45, 2.75) is 115 Å². The van der Waals surface area contributed by atoms with Gasteiger partial charge in [-0.25, -0.2) is 0 Å². The Morgan fingerprint density at radius 3 is 1.75 bits per heavy atom. The zero-order valence-corrected chi connectivity index (χ0v) is 23.0.